The number of likely N-dealkylation sites (tertiary alicyclic amines) is 1. The lowest BCUT2D eigenvalue weighted by molar-refractivity contribution is 0.0953. The molecule has 1 aliphatic rings. The van der Waals surface area contributed by atoms with Crippen molar-refractivity contribution in [2.24, 2.45) is 11.8 Å². The van der Waals surface area contributed by atoms with Gasteiger partial charge >= 0.3 is 0 Å². The number of rotatable bonds is 5. The predicted molar refractivity (Wildman–Crippen MR) is 84.7 cm³/mol. The van der Waals surface area contributed by atoms with Crippen molar-refractivity contribution >= 4 is 5.91 Å². The van der Waals surface area contributed by atoms with E-state index in [4.69, 9.17) is 5.84 Å². The number of nitrogen functional groups attached to an aromatic ring is 1. The van der Waals surface area contributed by atoms with Gasteiger partial charge in [-0.15, -0.1) is 0 Å². The average molecular weight is 290 g/mol. The first-order valence-electron chi connectivity index (χ1n) is 7.55. The summed E-state index contributed by atoms with van der Waals surface area (Å²) in [6.45, 7) is 4.37. The summed E-state index contributed by atoms with van der Waals surface area (Å²) >= 11 is 0. The van der Waals surface area contributed by atoms with E-state index in [2.05, 4.69) is 35.4 Å². The van der Waals surface area contributed by atoms with E-state index >= 15 is 0 Å². The molecule has 3 N–H and O–H groups in total. The van der Waals surface area contributed by atoms with Gasteiger partial charge in [-0.25, -0.2) is 5.84 Å². The normalized spacial score (nSPS) is 17.1. The number of carbonyl (C=O) groups is 1. The molecule has 1 amide bonds. The molecular formula is C16H26N4O. The van der Waals surface area contributed by atoms with Crippen molar-refractivity contribution in [3.05, 3.63) is 35.4 Å². The van der Waals surface area contributed by atoms with Crippen molar-refractivity contribution in [3.63, 3.8) is 0 Å². The fourth-order valence-electron chi connectivity index (χ4n) is 2.96. The summed E-state index contributed by atoms with van der Waals surface area (Å²) in [5, 5.41) is 0. The van der Waals surface area contributed by atoms with E-state index in [0.29, 0.717) is 5.56 Å². The third kappa shape index (κ3) is 4.81. The largest absolute Gasteiger partial charge is 0.306 e. The number of hydrazine groups is 1. The number of piperidine rings is 1. The molecule has 5 heteroatoms. The summed E-state index contributed by atoms with van der Waals surface area (Å²) in [6, 6.07) is 7.65. The van der Waals surface area contributed by atoms with Crippen LogP contribution in [0.4, 0.5) is 0 Å². The first-order chi connectivity index (χ1) is 10.1. The Kier molecular flexibility index (Phi) is 5.73. The first kappa shape index (κ1) is 15.9. The minimum absolute atomic E-state index is 0.241. The Labute approximate surface area is 127 Å². The van der Waals surface area contributed by atoms with Gasteiger partial charge in [-0.05, 0) is 63.6 Å². The van der Waals surface area contributed by atoms with Crippen molar-refractivity contribution < 1.29 is 4.79 Å². The van der Waals surface area contributed by atoms with Gasteiger partial charge in [0, 0.05) is 18.7 Å². The molecule has 1 aromatic rings. The second-order valence-corrected chi connectivity index (χ2v) is 6.12. The van der Waals surface area contributed by atoms with Gasteiger partial charge in [-0.2, -0.15) is 0 Å². The Morgan fingerprint density at radius 2 is 2.14 bits per heavy atom. The maximum atomic E-state index is 11.5. The smallest absolute Gasteiger partial charge is 0.265 e. The van der Waals surface area contributed by atoms with E-state index in [9.17, 15) is 4.79 Å². The van der Waals surface area contributed by atoms with Crippen LogP contribution in [0.25, 0.3) is 0 Å². The zero-order chi connectivity index (χ0) is 15.2. The molecule has 2 rings (SSSR count). The lowest BCUT2D eigenvalue weighted by Crippen LogP contribution is -2.35. The van der Waals surface area contributed by atoms with Crippen molar-refractivity contribution in [1.29, 1.82) is 0 Å². The molecule has 0 aromatic heterocycles. The molecule has 5 nitrogen and oxygen atoms in total. The van der Waals surface area contributed by atoms with E-state index in [1.54, 1.807) is 6.07 Å². The van der Waals surface area contributed by atoms with Crippen LogP contribution in [-0.4, -0.2) is 49.4 Å². The molecule has 1 heterocycles. The van der Waals surface area contributed by atoms with E-state index in [-0.39, 0.29) is 5.91 Å². The molecule has 0 saturated carbocycles. The van der Waals surface area contributed by atoms with Crippen molar-refractivity contribution in [2.75, 3.05) is 33.7 Å². The average Bonchev–Trinajstić information content (AvgIpc) is 2.49. The van der Waals surface area contributed by atoms with E-state index in [1.807, 2.05) is 12.1 Å². The molecule has 0 unspecified atom stereocenters. The van der Waals surface area contributed by atoms with Gasteiger partial charge in [0.1, 0.15) is 0 Å². The van der Waals surface area contributed by atoms with Gasteiger partial charge in [-0.1, -0.05) is 12.1 Å². The summed E-state index contributed by atoms with van der Waals surface area (Å²) < 4.78 is 0. The standard InChI is InChI=1S/C16H26N4O/c1-19-8-6-13(7-9-19)11-20(2)12-14-4-3-5-15(10-14)16(21)18-17/h3-5,10,13H,6-9,11-12,17H2,1-2H3,(H,18,21). The van der Waals surface area contributed by atoms with Crippen LogP contribution in [0.15, 0.2) is 24.3 Å². The number of hydrogen-bond donors (Lipinski definition) is 2. The molecule has 1 aromatic carbocycles. The molecule has 1 fully saturated rings. The number of nitrogens with zero attached hydrogens (tertiary/aromatic N) is 2. The van der Waals surface area contributed by atoms with Gasteiger partial charge in [-0.3, -0.25) is 10.2 Å². The van der Waals surface area contributed by atoms with Crippen molar-refractivity contribution in [2.45, 2.75) is 19.4 Å². The maximum absolute atomic E-state index is 11.5. The Bertz CT molecular complexity index is 469. The molecule has 0 atom stereocenters. The SMILES string of the molecule is CN1CCC(CN(C)Cc2cccc(C(=O)NN)c2)CC1. The number of nitrogens with two attached hydrogens (primary N) is 1. The zero-order valence-electron chi connectivity index (χ0n) is 13.0. The van der Waals surface area contributed by atoms with Crippen LogP contribution >= 0.6 is 0 Å². The van der Waals surface area contributed by atoms with E-state index in [0.717, 1.165) is 24.6 Å². The number of carbonyl (C=O) groups excluding carboxylic acids is 1. The molecule has 0 bridgehead atoms. The van der Waals surface area contributed by atoms with Crippen LogP contribution in [0.2, 0.25) is 0 Å². The number of nitrogens with one attached hydrogen (secondary N) is 1. The molecule has 0 radical (unpaired) electrons. The molecule has 21 heavy (non-hydrogen) atoms. The summed E-state index contributed by atoms with van der Waals surface area (Å²) in [4.78, 5) is 16.3. The van der Waals surface area contributed by atoms with Crippen LogP contribution < -0.4 is 11.3 Å². The Morgan fingerprint density at radius 1 is 1.43 bits per heavy atom. The lowest BCUT2D eigenvalue weighted by Gasteiger charge is -2.31. The quantitative estimate of drug-likeness (QED) is 0.484. The van der Waals surface area contributed by atoms with Gasteiger partial charge < -0.3 is 9.80 Å². The fourth-order valence-corrected chi connectivity index (χ4v) is 2.96. The van der Waals surface area contributed by atoms with Crippen LogP contribution in [0, 0.1) is 5.92 Å². The minimum atomic E-state index is -0.241. The van der Waals surface area contributed by atoms with Gasteiger partial charge in [0.25, 0.3) is 5.91 Å². The number of hydrogen-bond acceptors (Lipinski definition) is 4. The lowest BCUT2D eigenvalue weighted by atomic mass is 9.96. The predicted octanol–water partition coefficient (Wildman–Crippen LogP) is 1.06. The van der Waals surface area contributed by atoms with E-state index in [1.165, 1.54) is 25.9 Å². The van der Waals surface area contributed by atoms with Gasteiger partial charge in [0.2, 0.25) is 0 Å². The highest BCUT2D eigenvalue weighted by molar-refractivity contribution is 5.93. The van der Waals surface area contributed by atoms with Crippen LogP contribution in [0.5, 0.6) is 0 Å². The monoisotopic (exact) mass is 290 g/mol. The molecule has 1 saturated heterocycles. The third-order valence-electron chi connectivity index (χ3n) is 4.18. The Hall–Kier alpha value is -1.43. The van der Waals surface area contributed by atoms with Crippen LogP contribution in [0.3, 0.4) is 0 Å². The summed E-state index contributed by atoms with van der Waals surface area (Å²) in [5.41, 5.74) is 3.93. The number of amides is 1. The molecular weight excluding hydrogens is 264 g/mol. The summed E-state index contributed by atoms with van der Waals surface area (Å²) in [6.07, 6.45) is 2.55. The molecule has 116 valence electrons. The van der Waals surface area contributed by atoms with Crippen LogP contribution in [0.1, 0.15) is 28.8 Å². The first-order valence-corrected chi connectivity index (χ1v) is 7.55. The van der Waals surface area contributed by atoms with E-state index < -0.39 is 0 Å². The van der Waals surface area contributed by atoms with Gasteiger partial charge in [0.05, 0.1) is 0 Å². The second kappa shape index (κ2) is 7.54. The highest BCUT2D eigenvalue weighted by Crippen LogP contribution is 2.18. The van der Waals surface area contributed by atoms with Crippen LogP contribution in [-0.2, 0) is 6.54 Å². The zero-order valence-corrected chi connectivity index (χ0v) is 13.0. The number of benzene rings is 1. The second-order valence-electron chi connectivity index (χ2n) is 6.12. The molecule has 0 spiro atoms. The molecule has 1 aliphatic heterocycles. The maximum Gasteiger partial charge on any atom is 0.265 e. The summed E-state index contributed by atoms with van der Waals surface area (Å²) in [5.74, 6) is 5.71. The minimum Gasteiger partial charge on any atom is -0.306 e. The van der Waals surface area contributed by atoms with Crippen molar-refractivity contribution in [1.82, 2.24) is 15.2 Å². The third-order valence-corrected chi connectivity index (χ3v) is 4.18. The highest BCUT2D eigenvalue weighted by atomic mass is 16.2. The fraction of sp³-hybridized carbons (Fsp3) is 0.562. The topological polar surface area (TPSA) is 61.6 Å². The Balaban J connectivity index is 1.87. The van der Waals surface area contributed by atoms with Gasteiger partial charge in [0.15, 0.2) is 0 Å². The Morgan fingerprint density at radius 3 is 2.81 bits per heavy atom. The van der Waals surface area contributed by atoms with Crippen molar-refractivity contribution in [3.8, 4) is 0 Å². The summed E-state index contributed by atoms with van der Waals surface area (Å²) in [7, 11) is 4.34. The highest BCUT2D eigenvalue weighted by Gasteiger charge is 2.18. The molecule has 0 aliphatic carbocycles.